The minimum Gasteiger partial charge on any atom is -0.394 e. The molecule has 0 saturated heterocycles. The minimum absolute atomic E-state index is 0.108. The quantitative estimate of drug-likeness (QED) is 0.709. The number of hydrogen-bond donors (Lipinski definition) is 3. The molecule has 1 aromatic carbocycles. The summed E-state index contributed by atoms with van der Waals surface area (Å²) < 4.78 is 0. The zero-order valence-corrected chi connectivity index (χ0v) is 12.8. The van der Waals surface area contributed by atoms with Crippen molar-refractivity contribution in [2.24, 2.45) is 5.92 Å². The molecule has 0 spiro atoms. The largest absolute Gasteiger partial charge is 0.394 e. The molecule has 2 atom stereocenters. The molecule has 116 valence electrons. The second-order valence-corrected chi connectivity index (χ2v) is 5.58. The molecule has 5 nitrogen and oxygen atoms in total. The van der Waals surface area contributed by atoms with Crippen LogP contribution < -0.4 is 10.6 Å². The van der Waals surface area contributed by atoms with Crippen molar-refractivity contribution in [3.05, 3.63) is 35.9 Å². The van der Waals surface area contributed by atoms with E-state index in [1.54, 1.807) is 31.2 Å². The van der Waals surface area contributed by atoms with E-state index in [4.69, 9.17) is 0 Å². The van der Waals surface area contributed by atoms with Gasteiger partial charge < -0.3 is 15.7 Å². The fourth-order valence-electron chi connectivity index (χ4n) is 2.01. The molecule has 0 heterocycles. The maximum Gasteiger partial charge on any atom is 0.251 e. The highest BCUT2D eigenvalue weighted by Crippen LogP contribution is 2.04. The Morgan fingerprint density at radius 2 is 1.71 bits per heavy atom. The summed E-state index contributed by atoms with van der Waals surface area (Å²) in [5.41, 5.74) is 0.512. The molecule has 0 aromatic heterocycles. The summed E-state index contributed by atoms with van der Waals surface area (Å²) in [7, 11) is 0. The van der Waals surface area contributed by atoms with Gasteiger partial charge in [0.1, 0.15) is 6.04 Å². The molecular weight excluding hydrogens is 268 g/mol. The number of hydrogen-bond acceptors (Lipinski definition) is 3. The highest BCUT2D eigenvalue weighted by atomic mass is 16.3. The highest BCUT2D eigenvalue weighted by Gasteiger charge is 2.20. The normalized spacial score (nSPS) is 13.6. The lowest BCUT2D eigenvalue weighted by Crippen LogP contribution is -2.49. The summed E-state index contributed by atoms with van der Waals surface area (Å²) in [6.07, 6.45) is 0.696. The Kier molecular flexibility index (Phi) is 6.88. The number of amides is 2. The molecule has 2 amide bonds. The zero-order valence-electron chi connectivity index (χ0n) is 12.8. The molecule has 3 N–H and O–H groups in total. The van der Waals surface area contributed by atoms with E-state index in [1.807, 2.05) is 19.9 Å². The molecule has 0 radical (unpaired) electrons. The van der Waals surface area contributed by atoms with Gasteiger partial charge in [0.2, 0.25) is 5.91 Å². The number of benzene rings is 1. The van der Waals surface area contributed by atoms with Crippen molar-refractivity contribution in [3.63, 3.8) is 0 Å². The monoisotopic (exact) mass is 292 g/mol. The Morgan fingerprint density at radius 3 is 2.24 bits per heavy atom. The average Bonchev–Trinajstić information content (AvgIpc) is 2.46. The fourth-order valence-corrected chi connectivity index (χ4v) is 2.01. The smallest absolute Gasteiger partial charge is 0.251 e. The van der Waals surface area contributed by atoms with E-state index in [1.165, 1.54) is 0 Å². The van der Waals surface area contributed by atoms with Crippen LogP contribution in [0.4, 0.5) is 0 Å². The first-order valence-electron chi connectivity index (χ1n) is 7.21. The van der Waals surface area contributed by atoms with Gasteiger partial charge in [-0.2, -0.15) is 0 Å². The lowest BCUT2D eigenvalue weighted by Gasteiger charge is -2.21. The van der Waals surface area contributed by atoms with Gasteiger partial charge in [-0.3, -0.25) is 9.59 Å². The van der Waals surface area contributed by atoms with Crippen LogP contribution in [0.3, 0.4) is 0 Å². The van der Waals surface area contributed by atoms with Crippen LogP contribution >= 0.6 is 0 Å². The first kappa shape index (κ1) is 17.2. The van der Waals surface area contributed by atoms with Crippen molar-refractivity contribution in [2.75, 3.05) is 6.61 Å². The van der Waals surface area contributed by atoms with Gasteiger partial charge in [-0.1, -0.05) is 32.0 Å². The number of aliphatic hydroxyl groups excluding tert-OH is 1. The lowest BCUT2D eigenvalue weighted by molar-refractivity contribution is -0.123. The van der Waals surface area contributed by atoms with E-state index in [-0.39, 0.29) is 24.5 Å². The third kappa shape index (κ3) is 5.95. The van der Waals surface area contributed by atoms with E-state index in [2.05, 4.69) is 10.6 Å². The third-order valence-electron chi connectivity index (χ3n) is 3.10. The molecule has 1 aromatic rings. The second kappa shape index (κ2) is 8.42. The number of carbonyl (C=O) groups is 2. The van der Waals surface area contributed by atoms with Crippen molar-refractivity contribution in [3.8, 4) is 0 Å². The van der Waals surface area contributed by atoms with Crippen LogP contribution in [0, 0.1) is 5.92 Å². The van der Waals surface area contributed by atoms with Crippen molar-refractivity contribution in [1.82, 2.24) is 10.6 Å². The molecule has 21 heavy (non-hydrogen) atoms. The molecule has 0 fully saturated rings. The Bertz CT molecular complexity index is 460. The van der Waals surface area contributed by atoms with Crippen LogP contribution in [-0.4, -0.2) is 35.6 Å². The second-order valence-electron chi connectivity index (χ2n) is 5.58. The van der Waals surface area contributed by atoms with Crippen molar-refractivity contribution < 1.29 is 14.7 Å². The standard InChI is InChI=1S/C16H24N2O3/c1-11(2)9-14(10-19)18-15(20)12(3)17-16(21)13-7-5-4-6-8-13/h4-8,11-12,14,19H,9-10H2,1-3H3,(H,17,21)(H,18,20). The Labute approximate surface area is 125 Å². The molecule has 0 aliphatic rings. The molecule has 0 aliphatic carbocycles. The van der Waals surface area contributed by atoms with E-state index < -0.39 is 6.04 Å². The van der Waals surface area contributed by atoms with E-state index in [0.717, 1.165) is 0 Å². The molecule has 2 unspecified atom stereocenters. The van der Waals surface area contributed by atoms with Gasteiger partial charge in [-0.05, 0) is 31.4 Å². The van der Waals surface area contributed by atoms with Gasteiger partial charge >= 0.3 is 0 Å². The van der Waals surface area contributed by atoms with Crippen LogP contribution in [0.15, 0.2) is 30.3 Å². The van der Waals surface area contributed by atoms with Gasteiger partial charge in [0.15, 0.2) is 0 Å². The predicted octanol–water partition coefficient (Wildman–Crippen LogP) is 1.33. The minimum atomic E-state index is -0.654. The fraction of sp³-hybridized carbons (Fsp3) is 0.500. The molecule has 0 saturated carbocycles. The third-order valence-corrected chi connectivity index (χ3v) is 3.10. The van der Waals surface area contributed by atoms with E-state index in [0.29, 0.717) is 17.9 Å². The predicted molar refractivity (Wildman–Crippen MR) is 81.8 cm³/mol. The van der Waals surface area contributed by atoms with Crippen molar-refractivity contribution >= 4 is 11.8 Å². The maximum atomic E-state index is 12.0. The van der Waals surface area contributed by atoms with Crippen LogP contribution in [0.25, 0.3) is 0 Å². The molecular formula is C16H24N2O3. The summed E-state index contributed by atoms with van der Waals surface area (Å²) in [4.78, 5) is 24.0. The van der Waals surface area contributed by atoms with Gasteiger partial charge in [0, 0.05) is 5.56 Å². The SMILES string of the molecule is CC(C)CC(CO)NC(=O)C(C)NC(=O)c1ccccc1. The Balaban J connectivity index is 2.52. The summed E-state index contributed by atoms with van der Waals surface area (Å²) >= 11 is 0. The van der Waals surface area contributed by atoms with E-state index in [9.17, 15) is 14.7 Å². The summed E-state index contributed by atoms with van der Waals surface area (Å²) in [5, 5.41) is 14.7. The molecule has 5 heteroatoms. The van der Waals surface area contributed by atoms with Gasteiger partial charge in [0.25, 0.3) is 5.91 Å². The average molecular weight is 292 g/mol. The summed E-state index contributed by atoms with van der Waals surface area (Å²) in [6.45, 7) is 5.56. The topological polar surface area (TPSA) is 78.4 Å². The maximum absolute atomic E-state index is 12.0. The van der Waals surface area contributed by atoms with Gasteiger partial charge in [-0.15, -0.1) is 0 Å². The first-order chi connectivity index (χ1) is 9.93. The van der Waals surface area contributed by atoms with Crippen LogP contribution in [-0.2, 0) is 4.79 Å². The van der Waals surface area contributed by atoms with Gasteiger partial charge in [-0.25, -0.2) is 0 Å². The van der Waals surface area contributed by atoms with Crippen molar-refractivity contribution in [2.45, 2.75) is 39.3 Å². The molecule has 1 rings (SSSR count). The van der Waals surface area contributed by atoms with Gasteiger partial charge in [0.05, 0.1) is 12.6 Å². The van der Waals surface area contributed by atoms with E-state index >= 15 is 0 Å². The Morgan fingerprint density at radius 1 is 1.10 bits per heavy atom. The summed E-state index contributed by atoms with van der Waals surface area (Å²) in [5.74, 6) is -0.210. The lowest BCUT2D eigenvalue weighted by atomic mass is 10.0. The highest BCUT2D eigenvalue weighted by molar-refractivity contribution is 5.97. The summed E-state index contributed by atoms with van der Waals surface area (Å²) in [6, 6.07) is 7.80. The van der Waals surface area contributed by atoms with Crippen LogP contribution in [0.5, 0.6) is 0 Å². The first-order valence-corrected chi connectivity index (χ1v) is 7.21. The number of carbonyl (C=O) groups excluding carboxylic acids is 2. The number of rotatable bonds is 7. The van der Waals surface area contributed by atoms with Crippen molar-refractivity contribution in [1.29, 1.82) is 0 Å². The molecule has 0 aliphatic heterocycles. The number of nitrogens with one attached hydrogen (secondary N) is 2. The van der Waals surface area contributed by atoms with Crippen LogP contribution in [0.1, 0.15) is 37.6 Å². The Hall–Kier alpha value is -1.88. The molecule has 0 bridgehead atoms. The zero-order chi connectivity index (χ0) is 15.8. The van der Waals surface area contributed by atoms with Crippen LogP contribution in [0.2, 0.25) is 0 Å². The number of aliphatic hydroxyl groups is 1.